The first-order valence-electron chi connectivity index (χ1n) is 5.67. The van der Waals surface area contributed by atoms with Gasteiger partial charge in [-0.25, -0.2) is 4.68 Å². The van der Waals surface area contributed by atoms with Gasteiger partial charge in [-0.2, -0.15) is 0 Å². The van der Waals surface area contributed by atoms with E-state index in [9.17, 15) is 5.11 Å². The molecule has 1 aliphatic rings. The molecule has 0 fully saturated rings. The van der Waals surface area contributed by atoms with Gasteiger partial charge in [-0.15, -0.1) is 16.9 Å². The Kier molecular flexibility index (Phi) is 2.97. The largest absolute Gasteiger partial charge is 0.485 e. The fourth-order valence-corrected chi connectivity index (χ4v) is 2.97. The van der Waals surface area contributed by atoms with E-state index in [1.54, 1.807) is 29.7 Å². The van der Waals surface area contributed by atoms with Gasteiger partial charge in [-0.3, -0.25) is 0 Å². The number of aryl methyl sites for hydroxylation is 1. The summed E-state index contributed by atoms with van der Waals surface area (Å²) in [7, 11) is 1.76. The highest BCUT2D eigenvalue weighted by atomic mass is 32.2. The van der Waals surface area contributed by atoms with Crippen LogP contribution in [0.2, 0.25) is 0 Å². The van der Waals surface area contributed by atoms with Gasteiger partial charge in [0.25, 0.3) is 0 Å². The van der Waals surface area contributed by atoms with Crippen molar-refractivity contribution >= 4 is 11.8 Å². The van der Waals surface area contributed by atoms with Crippen molar-refractivity contribution < 1.29 is 9.84 Å². The molecular weight excluding hydrogens is 250 g/mol. The number of rotatable bonds is 2. The Morgan fingerprint density at radius 1 is 1.50 bits per heavy atom. The van der Waals surface area contributed by atoms with E-state index in [2.05, 4.69) is 10.3 Å². The minimum absolute atomic E-state index is 0.276. The van der Waals surface area contributed by atoms with Crippen LogP contribution in [0.25, 0.3) is 0 Å². The summed E-state index contributed by atoms with van der Waals surface area (Å²) in [6.45, 7) is 0. The van der Waals surface area contributed by atoms with E-state index in [1.807, 2.05) is 24.3 Å². The molecule has 1 aromatic heterocycles. The van der Waals surface area contributed by atoms with Crippen molar-refractivity contribution in [3.63, 3.8) is 0 Å². The summed E-state index contributed by atoms with van der Waals surface area (Å²) in [5, 5.41) is 17.9. The van der Waals surface area contributed by atoms with Gasteiger partial charge < -0.3 is 9.84 Å². The number of hydrogen-bond acceptors (Lipinski definition) is 5. The number of nitrogens with zero attached hydrogens (tertiary/aromatic N) is 3. The smallest absolute Gasteiger partial charge is 0.140 e. The van der Waals surface area contributed by atoms with Gasteiger partial charge in [0.1, 0.15) is 18.0 Å². The van der Waals surface area contributed by atoms with Gasteiger partial charge in [0, 0.05) is 17.7 Å². The molecule has 2 aromatic rings. The average Bonchev–Trinajstić information content (AvgIpc) is 2.83. The van der Waals surface area contributed by atoms with E-state index in [0.717, 1.165) is 10.6 Å². The molecule has 0 saturated heterocycles. The van der Waals surface area contributed by atoms with Crippen LogP contribution in [0.15, 0.2) is 35.4 Å². The summed E-state index contributed by atoms with van der Waals surface area (Å²) in [6.07, 6.45) is 0.576. The first-order valence-corrected chi connectivity index (χ1v) is 6.65. The maximum atomic E-state index is 10.3. The van der Waals surface area contributed by atoms with E-state index < -0.39 is 6.10 Å². The number of aromatic nitrogens is 3. The normalized spacial score (nSPS) is 20.0. The van der Waals surface area contributed by atoms with Crippen LogP contribution in [0.3, 0.4) is 0 Å². The molecule has 18 heavy (non-hydrogen) atoms. The standard InChI is InChI=1S/C12H13N3O2S/c1-15-8(6-13-14-15)12(16)10-7-18-11-5-3-2-4-9(11)17-10/h2-6,10,12,16H,7H2,1H3. The molecule has 6 heteroatoms. The Bertz CT molecular complexity index is 558. The van der Waals surface area contributed by atoms with Crippen LogP contribution in [0.1, 0.15) is 11.8 Å². The number of benzene rings is 1. The minimum atomic E-state index is -0.717. The Labute approximate surface area is 109 Å². The number of ether oxygens (including phenoxy) is 1. The zero-order valence-electron chi connectivity index (χ0n) is 9.85. The quantitative estimate of drug-likeness (QED) is 0.887. The van der Waals surface area contributed by atoms with Gasteiger partial charge in [0.05, 0.1) is 11.9 Å². The summed E-state index contributed by atoms with van der Waals surface area (Å²) in [4.78, 5) is 1.11. The van der Waals surface area contributed by atoms with Gasteiger partial charge in [0.15, 0.2) is 0 Å². The van der Waals surface area contributed by atoms with Crippen LogP contribution < -0.4 is 4.74 Å². The highest BCUT2D eigenvalue weighted by Crippen LogP contribution is 2.37. The van der Waals surface area contributed by atoms with Crippen LogP contribution in [0, 0.1) is 0 Å². The van der Waals surface area contributed by atoms with E-state index in [4.69, 9.17) is 4.74 Å². The molecule has 1 N–H and O–H groups in total. The molecule has 0 spiro atoms. The molecule has 1 aromatic carbocycles. The van der Waals surface area contributed by atoms with Crippen LogP contribution in [-0.4, -0.2) is 32.0 Å². The second-order valence-corrected chi connectivity index (χ2v) is 5.20. The molecule has 0 aliphatic carbocycles. The summed E-state index contributed by atoms with van der Waals surface area (Å²) in [5.41, 5.74) is 0.667. The van der Waals surface area contributed by atoms with Crippen molar-refractivity contribution in [3.05, 3.63) is 36.2 Å². The predicted octanol–water partition coefficient (Wildman–Crippen LogP) is 1.40. The molecule has 1 aliphatic heterocycles. The zero-order chi connectivity index (χ0) is 12.5. The molecule has 0 bridgehead atoms. The lowest BCUT2D eigenvalue weighted by atomic mass is 10.1. The monoisotopic (exact) mass is 263 g/mol. The van der Waals surface area contributed by atoms with Gasteiger partial charge in [-0.1, -0.05) is 17.3 Å². The van der Waals surface area contributed by atoms with Crippen LogP contribution >= 0.6 is 11.8 Å². The lowest BCUT2D eigenvalue weighted by molar-refractivity contribution is 0.0403. The topological polar surface area (TPSA) is 60.2 Å². The summed E-state index contributed by atoms with van der Waals surface area (Å²) < 4.78 is 7.40. The van der Waals surface area contributed by atoms with Crippen molar-refractivity contribution in [2.45, 2.75) is 17.1 Å². The summed E-state index contributed by atoms with van der Waals surface area (Å²) >= 11 is 1.69. The fourth-order valence-electron chi connectivity index (χ4n) is 1.95. The van der Waals surface area contributed by atoms with Crippen molar-refractivity contribution in [2.75, 3.05) is 5.75 Å². The Morgan fingerprint density at radius 3 is 3.11 bits per heavy atom. The second kappa shape index (κ2) is 4.62. The van der Waals surface area contributed by atoms with E-state index in [-0.39, 0.29) is 6.10 Å². The first-order chi connectivity index (χ1) is 8.75. The van der Waals surface area contributed by atoms with Crippen LogP contribution in [0.4, 0.5) is 0 Å². The SMILES string of the molecule is Cn1nncc1C(O)C1CSc2ccccc2O1. The Balaban J connectivity index is 1.82. The van der Waals surface area contributed by atoms with Crippen molar-refractivity contribution in [3.8, 4) is 5.75 Å². The Morgan fingerprint density at radius 2 is 2.33 bits per heavy atom. The number of para-hydroxylation sites is 1. The molecule has 2 atom stereocenters. The summed E-state index contributed by atoms with van der Waals surface area (Å²) in [6, 6.07) is 7.85. The zero-order valence-corrected chi connectivity index (χ0v) is 10.7. The van der Waals surface area contributed by atoms with E-state index in [0.29, 0.717) is 11.4 Å². The predicted molar refractivity (Wildman–Crippen MR) is 67.5 cm³/mol. The maximum Gasteiger partial charge on any atom is 0.140 e. The minimum Gasteiger partial charge on any atom is -0.485 e. The van der Waals surface area contributed by atoms with Crippen molar-refractivity contribution in [2.24, 2.45) is 7.05 Å². The van der Waals surface area contributed by atoms with Crippen molar-refractivity contribution in [1.82, 2.24) is 15.0 Å². The number of thioether (sulfide) groups is 1. The molecule has 5 nitrogen and oxygen atoms in total. The maximum absolute atomic E-state index is 10.3. The van der Waals surface area contributed by atoms with Crippen LogP contribution in [0.5, 0.6) is 5.75 Å². The Hall–Kier alpha value is -1.53. The lowest BCUT2D eigenvalue weighted by Gasteiger charge is -2.28. The molecule has 0 radical (unpaired) electrons. The molecule has 2 heterocycles. The average molecular weight is 263 g/mol. The molecule has 3 rings (SSSR count). The number of hydrogen-bond donors (Lipinski definition) is 1. The third-order valence-corrected chi connectivity index (χ3v) is 4.08. The van der Waals surface area contributed by atoms with Gasteiger partial charge in [-0.05, 0) is 12.1 Å². The third kappa shape index (κ3) is 1.97. The van der Waals surface area contributed by atoms with Crippen LogP contribution in [-0.2, 0) is 7.05 Å². The highest BCUT2D eigenvalue weighted by molar-refractivity contribution is 7.99. The molecule has 94 valence electrons. The lowest BCUT2D eigenvalue weighted by Crippen LogP contribution is -2.31. The fraction of sp³-hybridized carbons (Fsp3) is 0.333. The molecular formula is C12H13N3O2S. The first kappa shape index (κ1) is 11.6. The number of aliphatic hydroxyl groups is 1. The van der Waals surface area contributed by atoms with Gasteiger partial charge >= 0.3 is 0 Å². The molecule has 0 amide bonds. The molecule has 0 saturated carbocycles. The third-order valence-electron chi connectivity index (χ3n) is 2.94. The number of fused-ring (bicyclic) bond motifs is 1. The van der Waals surface area contributed by atoms with Gasteiger partial charge in [0.2, 0.25) is 0 Å². The second-order valence-electron chi connectivity index (χ2n) is 4.14. The summed E-state index contributed by atoms with van der Waals surface area (Å²) in [5.74, 6) is 1.54. The molecule has 2 unspecified atom stereocenters. The van der Waals surface area contributed by atoms with Crippen molar-refractivity contribution in [1.29, 1.82) is 0 Å². The number of aliphatic hydroxyl groups excluding tert-OH is 1. The van der Waals surface area contributed by atoms with E-state index >= 15 is 0 Å². The van der Waals surface area contributed by atoms with E-state index in [1.165, 1.54) is 0 Å². The highest BCUT2D eigenvalue weighted by Gasteiger charge is 2.29.